The molecule has 0 spiro atoms. The summed E-state index contributed by atoms with van der Waals surface area (Å²) in [6, 6.07) is 9.73. The Kier molecular flexibility index (Phi) is 4.90. The number of nitrogens with zero attached hydrogens (tertiary/aromatic N) is 2. The molecule has 2 rings (SSSR count). The van der Waals surface area contributed by atoms with Gasteiger partial charge in [-0.2, -0.15) is 5.10 Å². The Morgan fingerprint density at radius 2 is 2.30 bits per heavy atom. The van der Waals surface area contributed by atoms with Crippen LogP contribution < -0.4 is 5.32 Å². The van der Waals surface area contributed by atoms with Crippen molar-refractivity contribution >= 4 is 5.91 Å². The van der Waals surface area contributed by atoms with E-state index in [0.29, 0.717) is 6.61 Å². The maximum atomic E-state index is 11.6. The molecule has 0 radical (unpaired) electrons. The average Bonchev–Trinajstić information content (AvgIpc) is 2.99. The molecule has 0 bridgehead atoms. The summed E-state index contributed by atoms with van der Waals surface area (Å²) >= 11 is 0. The minimum absolute atomic E-state index is 0.0709. The molecule has 1 atom stereocenters. The van der Waals surface area contributed by atoms with Crippen molar-refractivity contribution in [3.8, 4) is 5.69 Å². The highest BCUT2D eigenvalue weighted by molar-refractivity contribution is 5.77. The van der Waals surface area contributed by atoms with Crippen LogP contribution in [0, 0.1) is 0 Å². The van der Waals surface area contributed by atoms with E-state index in [0.717, 1.165) is 11.3 Å². The fourth-order valence-corrected chi connectivity index (χ4v) is 1.92. The normalized spacial score (nSPS) is 12.1. The quantitative estimate of drug-likeness (QED) is 0.876. The molecule has 0 saturated heterocycles. The smallest absolute Gasteiger partial charge is 0.246 e. The fourth-order valence-electron chi connectivity index (χ4n) is 1.92. The lowest BCUT2D eigenvalue weighted by atomic mass is 10.1. The van der Waals surface area contributed by atoms with Gasteiger partial charge in [-0.15, -0.1) is 0 Å². The minimum atomic E-state index is -0.108. The van der Waals surface area contributed by atoms with E-state index in [2.05, 4.69) is 10.4 Å². The molecule has 0 saturated carbocycles. The third-order valence-electron chi connectivity index (χ3n) is 2.95. The van der Waals surface area contributed by atoms with Gasteiger partial charge in [-0.1, -0.05) is 12.1 Å². The van der Waals surface area contributed by atoms with Gasteiger partial charge in [0.15, 0.2) is 0 Å². The number of rotatable bonds is 6. The molecule has 1 N–H and O–H groups in total. The maximum absolute atomic E-state index is 11.6. The number of carbonyl (C=O) groups is 1. The molecule has 1 aromatic heterocycles. The van der Waals surface area contributed by atoms with E-state index in [-0.39, 0.29) is 18.6 Å². The van der Waals surface area contributed by atoms with Crippen molar-refractivity contribution in [2.75, 3.05) is 13.2 Å². The highest BCUT2D eigenvalue weighted by Gasteiger charge is 2.10. The zero-order chi connectivity index (χ0) is 14.4. The molecular weight excluding hydrogens is 254 g/mol. The maximum Gasteiger partial charge on any atom is 0.246 e. The number of carbonyl (C=O) groups excluding carboxylic acids is 1. The van der Waals surface area contributed by atoms with Gasteiger partial charge in [-0.05, 0) is 37.6 Å². The highest BCUT2D eigenvalue weighted by atomic mass is 16.5. The molecule has 0 aliphatic rings. The Hall–Kier alpha value is -2.14. The lowest BCUT2D eigenvalue weighted by Crippen LogP contribution is -2.30. The molecule has 20 heavy (non-hydrogen) atoms. The number of nitrogens with one attached hydrogen (secondary N) is 1. The summed E-state index contributed by atoms with van der Waals surface area (Å²) in [6.45, 7) is 4.45. The summed E-state index contributed by atoms with van der Waals surface area (Å²) in [6.07, 6.45) is 3.62. The van der Waals surface area contributed by atoms with Crippen molar-refractivity contribution in [2.24, 2.45) is 0 Å². The molecule has 106 valence electrons. The van der Waals surface area contributed by atoms with Crippen molar-refractivity contribution in [2.45, 2.75) is 19.9 Å². The number of aromatic nitrogens is 2. The Balaban J connectivity index is 2.05. The summed E-state index contributed by atoms with van der Waals surface area (Å²) in [7, 11) is 0. The molecule has 5 nitrogen and oxygen atoms in total. The largest absolute Gasteiger partial charge is 0.372 e. The van der Waals surface area contributed by atoms with Crippen molar-refractivity contribution in [1.82, 2.24) is 15.1 Å². The lowest BCUT2D eigenvalue weighted by molar-refractivity contribution is -0.126. The predicted octanol–water partition coefficient (Wildman–Crippen LogP) is 2.09. The van der Waals surface area contributed by atoms with Crippen LogP contribution in [0.25, 0.3) is 5.69 Å². The zero-order valence-electron chi connectivity index (χ0n) is 11.7. The van der Waals surface area contributed by atoms with Gasteiger partial charge >= 0.3 is 0 Å². The number of benzene rings is 1. The highest BCUT2D eigenvalue weighted by Crippen LogP contribution is 2.16. The van der Waals surface area contributed by atoms with Gasteiger partial charge < -0.3 is 10.1 Å². The van der Waals surface area contributed by atoms with Crippen molar-refractivity contribution in [3.63, 3.8) is 0 Å². The summed E-state index contributed by atoms with van der Waals surface area (Å²) < 4.78 is 6.88. The van der Waals surface area contributed by atoms with Crippen LogP contribution in [-0.2, 0) is 9.53 Å². The van der Waals surface area contributed by atoms with E-state index >= 15 is 0 Å². The predicted molar refractivity (Wildman–Crippen MR) is 76.6 cm³/mol. The Bertz CT molecular complexity index is 552. The lowest BCUT2D eigenvalue weighted by Gasteiger charge is -2.15. The molecular formula is C15H19N3O2. The van der Waals surface area contributed by atoms with E-state index in [9.17, 15) is 4.79 Å². The Morgan fingerprint density at radius 1 is 1.45 bits per heavy atom. The van der Waals surface area contributed by atoms with Gasteiger partial charge in [-0.3, -0.25) is 4.79 Å². The topological polar surface area (TPSA) is 56.1 Å². The number of hydrogen-bond donors (Lipinski definition) is 1. The monoisotopic (exact) mass is 273 g/mol. The van der Waals surface area contributed by atoms with Gasteiger partial charge in [0.05, 0.1) is 11.7 Å². The Labute approximate surface area is 118 Å². The summed E-state index contributed by atoms with van der Waals surface area (Å²) in [5.41, 5.74) is 2.00. The molecule has 0 aliphatic carbocycles. The van der Waals surface area contributed by atoms with Gasteiger partial charge in [0.1, 0.15) is 6.61 Å². The van der Waals surface area contributed by atoms with Crippen LogP contribution in [0.4, 0.5) is 0 Å². The van der Waals surface area contributed by atoms with E-state index in [4.69, 9.17) is 4.74 Å². The summed E-state index contributed by atoms with van der Waals surface area (Å²) in [5, 5.41) is 7.11. The SMILES string of the molecule is CCOCC(=O)N[C@@H](C)c1cccc(-n2cccn2)c1. The van der Waals surface area contributed by atoms with E-state index in [1.807, 2.05) is 50.4 Å². The van der Waals surface area contributed by atoms with Crippen LogP contribution in [0.3, 0.4) is 0 Å². The van der Waals surface area contributed by atoms with Crippen molar-refractivity contribution in [1.29, 1.82) is 0 Å². The van der Waals surface area contributed by atoms with Crippen LogP contribution in [0.2, 0.25) is 0 Å². The molecule has 1 amide bonds. The van der Waals surface area contributed by atoms with Crippen LogP contribution in [-0.4, -0.2) is 28.9 Å². The van der Waals surface area contributed by atoms with E-state index in [1.165, 1.54) is 0 Å². The standard InChI is InChI=1S/C15H19N3O2/c1-3-20-11-15(19)17-12(2)13-6-4-7-14(10-13)18-9-5-8-16-18/h4-10,12H,3,11H2,1-2H3,(H,17,19)/t12-/m0/s1. The second-order valence-corrected chi connectivity index (χ2v) is 4.47. The first kappa shape index (κ1) is 14.3. The summed E-state index contributed by atoms with van der Waals surface area (Å²) in [5.74, 6) is -0.108. The number of amides is 1. The van der Waals surface area contributed by atoms with Gasteiger partial charge in [-0.25, -0.2) is 4.68 Å². The van der Waals surface area contributed by atoms with Crippen LogP contribution in [0.15, 0.2) is 42.7 Å². The van der Waals surface area contributed by atoms with Gasteiger partial charge in [0.2, 0.25) is 5.91 Å². The number of hydrogen-bond acceptors (Lipinski definition) is 3. The zero-order valence-corrected chi connectivity index (χ0v) is 11.7. The van der Waals surface area contributed by atoms with Crippen molar-refractivity contribution in [3.05, 3.63) is 48.3 Å². The molecule has 1 aromatic carbocycles. The van der Waals surface area contributed by atoms with Crippen LogP contribution in [0.1, 0.15) is 25.5 Å². The first-order valence-electron chi connectivity index (χ1n) is 6.67. The summed E-state index contributed by atoms with van der Waals surface area (Å²) in [4.78, 5) is 11.6. The molecule has 0 fully saturated rings. The second kappa shape index (κ2) is 6.86. The van der Waals surface area contributed by atoms with Gasteiger partial charge in [0.25, 0.3) is 0 Å². The molecule has 1 heterocycles. The van der Waals surface area contributed by atoms with Crippen molar-refractivity contribution < 1.29 is 9.53 Å². The van der Waals surface area contributed by atoms with Crippen LogP contribution >= 0.6 is 0 Å². The molecule has 2 aromatic rings. The molecule has 5 heteroatoms. The first-order valence-corrected chi connectivity index (χ1v) is 6.67. The third kappa shape index (κ3) is 3.68. The molecule has 0 aliphatic heterocycles. The second-order valence-electron chi connectivity index (χ2n) is 4.47. The fraction of sp³-hybridized carbons (Fsp3) is 0.333. The van der Waals surface area contributed by atoms with Gasteiger partial charge in [0, 0.05) is 19.0 Å². The van der Waals surface area contributed by atoms with E-state index in [1.54, 1.807) is 10.9 Å². The minimum Gasteiger partial charge on any atom is -0.372 e. The van der Waals surface area contributed by atoms with E-state index < -0.39 is 0 Å². The first-order chi connectivity index (χ1) is 9.70. The molecule has 0 unspecified atom stereocenters. The Morgan fingerprint density at radius 3 is 3.00 bits per heavy atom. The third-order valence-corrected chi connectivity index (χ3v) is 2.95. The van der Waals surface area contributed by atoms with Crippen LogP contribution in [0.5, 0.6) is 0 Å². The average molecular weight is 273 g/mol. The number of ether oxygens (including phenoxy) is 1.